The van der Waals surface area contributed by atoms with Crippen LogP contribution in [0.15, 0.2) is 53.2 Å². The molecule has 0 saturated heterocycles. The highest BCUT2D eigenvalue weighted by Crippen LogP contribution is 2.36. The number of sulfonamides is 1. The van der Waals surface area contributed by atoms with Crippen LogP contribution in [0, 0.1) is 6.92 Å². The van der Waals surface area contributed by atoms with Gasteiger partial charge in [-0.15, -0.1) is 0 Å². The van der Waals surface area contributed by atoms with Gasteiger partial charge in [-0.1, -0.05) is 12.1 Å². The summed E-state index contributed by atoms with van der Waals surface area (Å²) in [6, 6.07) is 10.2. The van der Waals surface area contributed by atoms with E-state index in [-0.39, 0.29) is 23.8 Å². The Labute approximate surface area is 186 Å². The molecule has 3 rings (SSSR count). The van der Waals surface area contributed by atoms with Gasteiger partial charge in [-0.2, -0.15) is 0 Å². The molecular formula is C21H24ClFN4O3S. The lowest BCUT2D eigenvalue weighted by atomic mass is 10.1. The summed E-state index contributed by atoms with van der Waals surface area (Å²) in [6.07, 6.45) is 1.36. The van der Waals surface area contributed by atoms with Crippen molar-refractivity contribution in [3.63, 3.8) is 0 Å². The Kier molecular flexibility index (Phi) is 7.00. The minimum atomic E-state index is -3.62. The average molecular weight is 467 g/mol. The molecule has 1 N–H and O–H groups in total. The normalized spacial score (nSPS) is 12.7. The van der Waals surface area contributed by atoms with Gasteiger partial charge in [-0.25, -0.2) is 26.9 Å². The Morgan fingerprint density at radius 2 is 2.06 bits per heavy atom. The number of aromatic nitrogens is 2. The smallest absolute Gasteiger partial charge is 0.242 e. The molecule has 0 aliphatic carbocycles. The number of nitrogens with zero attached hydrogens (tertiary/aromatic N) is 3. The lowest BCUT2D eigenvalue weighted by molar-refractivity contribution is 0.399. The largest absolute Gasteiger partial charge is 0.481 e. The molecule has 1 aromatic carbocycles. The van der Waals surface area contributed by atoms with Crippen molar-refractivity contribution < 1.29 is 17.5 Å². The zero-order valence-electron chi connectivity index (χ0n) is 17.7. The summed E-state index contributed by atoms with van der Waals surface area (Å²) in [5.41, 5.74) is 3.43. The molecule has 166 valence electrons. The quantitative estimate of drug-likeness (QED) is 0.510. The summed E-state index contributed by atoms with van der Waals surface area (Å²) >= 11 is 5.42. The van der Waals surface area contributed by atoms with Crippen LogP contribution in [-0.2, 0) is 16.6 Å². The fourth-order valence-corrected chi connectivity index (χ4v) is 4.40. The molecule has 0 atom stereocenters. The van der Waals surface area contributed by atoms with Gasteiger partial charge in [0.05, 0.1) is 24.1 Å². The molecule has 7 nitrogen and oxygen atoms in total. The van der Waals surface area contributed by atoms with Crippen molar-refractivity contribution in [2.24, 2.45) is 0 Å². The van der Waals surface area contributed by atoms with Crippen molar-refractivity contribution in [3.05, 3.63) is 54.0 Å². The van der Waals surface area contributed by atoms with Gasteiger partial charge in [0.25, 0.3) is 0 Å². The second-order valence-corrected chi connectivity index (χ2v) is 9.49. The number of hydrogen-bond acceptors (Lipinski definition) is 5. The van der Waals surface area contributed by atoms with E-state index in [1.165, 1.54) is 27.3 Å². The van der Waals surface area contributed by atoms with Gasteiger partial charge in [0.2, 0.25) is 15.9 Å². The molecule has 0 amide bonds. The Morgan fingerprint density at radius 1 is 1.32 bits per heavy atom. The maximum Gasteiger partial charge on any atom is 0.242 e. The van der Waals surface area contributed by atoms with Gasteiger partial charge >= 0.3 is 0 Å². The van der Waals surface area contributed by atoms with Crippen molar-refractivity contribution in [3.8, 4) is 17.0 Å². The first kappa shape index (κ1) is 23.2. The summed E-state index contributed by atoms with van der Waals surface area (Å²) in [7, 11) is 0.866. The summed E-state index contributed by atoms with van der Waals surface area (Å²) < 4.78 is 47.9. The third-order valence-electron chi connectivity index (χ3n) is 4.96. The van der Waals surface area contributed by atoms with Gasteiger partial charge in [0.15, 0.2) is 0 Å². The summed E-state index contributed by atoms with van der Waals surface area (Å²) in [5, 5.41) is 0. The number of hydrogen-bond donors (Lipinski definition) is 1. The number of fused-ring (bicyclic) bond motifs is 1. The molecule has 0 saturated carbocycles. The van der Waals surface area contributed by atoms with E-state index in [0.29, 0.717) is 28.0 Å². The number of allylic oxidation sites excluding steroid dienone is 1. The number of halogens is 2. The van der Waals surface area contributed by atoms with E-state index >= 15 is 0 Å². The SMILES string of the molecule is COc1ccc2c(n1)c(-c1cccc(S(=O)(=O)N(C)C)c1)c(C)n2C/C(F)=C/CNCl. The fourth-order valence-electron chi connectivity index (χ4n) is 3.37. The number of ether oxygens (including phenoxy) is 1. The first-order chi connectivity index (χ1) is 14.7. The zero-order chi connectivity index (χ0) is 22.8. The molecule has 10 heteroatoms. The zero-order valence-corrected chi connectivity index (χ0v) is 19.3. The van der Waals surface area contributed by atoms with E-state index in [2.05, 4.69) is 9.82 Å². The number of benzene rings is 1. The van der Waals surface area contributed by atoms with Crippen LogP contribution in [-0.4, -0.2) is 50.0 Å². The number of methoxy groups -OCH3 is 1. The highest BCUT2D eigenvalue weighted by Gasteiger charge is 2.22. The highest BCUT2D eigenvalue weighted by molar-refractivity contribution is 7.89. The Balaban J connectivity index is 2.24. The van der Waals surface area contributed by atoms with Crippen molar-refractivity contribution >= 4 is 32.8 Å². The first-order valence-corrected chi connectivity index (χ1v) is 11.3. The minimum absolute atomic E-state index is 0.00933. The van der Waals surface area contributed by atoms with Crippen LogP contribution in [0.25, 0.3) is 22.2 Å². The monoisotopic (exact) mass is 466 g/mol. The summed E-state index contributed by atoms with van der Waals surface area (Å²) in [6.45, 7) is 2.03. The van der Waals surface area contributed by atoms with Crippen LogP contribution < -0.4 is 9.57 Å². The van der Waals surface area contributed by atoms with Crippen LogP contribution in [0.3, 0.4) is 0 Å². The van der Waals surface area contributed by atoms with Crippen molar-refractivity contribution in [2.75, 3.05) is 27.7 Å². The van der Waals surface area contributed by atoms with Gasteiger partial charge in [-0.3, -0.25) is 0 Å². The molecule has 0 aliphatic heterocycles. The van der Waals surface area contributed by atoms with Crippen LogP contribution in [0.1, 0.15) is 5.69 Å². The van der Waals surface area contributed by atoms with E-state index in [9.17, 15) is 12.8 Å². The van der Waals surface area contributed by atoms with E-state index in [1.54, 1.807) is 28.8 Å². The first-order valence-electron chi connectivity index (χ1n) is 9.45. The Hall–Kier alpha value is -2.46. The predicted octanol–water partition coefficient (Wildman–Crippen LogP) is 3.87. The number of pyridine rings is 1. The van der Waals surface area contributed by atoms with Crippen molar-refractivity contribution in [1.29, 1.82) is 0 Å². The molecule has 0 unspecified atom stereocenters. The topological polar surface area (TPSA) is 76.5 Å². The van der Waals surface area contributed by atoms with Crippen LogP contribution in [0.2, 0.25) is 0 Å². The second-order valence-electron chi connectivity index (χ2n) is 7.07. The molecule has 2 heterocycles. The van der Waals surface area contributed by atoms with Gasteiger partial charge < -0.3 is 9.30 Å². The third kappa shape index (κ3) is 4.59. The molecule has 0 spiro atoms. The van der Waals surface area contributed by atoms with Crippen LogP contribution in [0.4, 0.5) is 4.39 Å². The Morgan fingerprint density at radius 3 is 2.71 bits per heavy atom. The maximum atomic E-state index is 14.5. The highest BCUT2D eigenvalue weighted by atomic mass is 35.5. The molecule has 3 aromatic rings. The molecule has 0 aliphatic rings. The average Bonchev–Trinajstić information content (AvgIpc) is 3.02. The van der Waals surface area contributed by atoms with Gasteiger partial charge in [0, 0.05) is 38.0 Å². The maximum absolute atomic E-state index is 14.5. The molecule has 0 radical (unpaired) electrons. The molecule has 2 aromatic heterocycles. The number of nitrogens with one attached hydrogen (secondary N) is 1. The van der Waals surface area contributed by atoms with E-state index in [0.717, 1.165) is 10.00 Å². The minimum Gasteiger partial charge on any atom is -0.481 e. The van der Waals surface area contributed by atoms with E-state index in [1.807, 2.05) is 19.1 Å². The molecular weight excluding hydrogens is 443 g/mol. The molecule has 0 bridgehead atoms. The Bertz CT molecular complexity index is 1240. The van der Waals surface area contributed by atoms with Crippen LogP contribution >= 0.6 is 11.8 Å². The van der Waals surface area contributed by atoms with E-state index in [4.69, 9.17) is 16.5 Å². The second kappa shape index (κ2) is 9.35. The third-order valence-corrected chi connectivity index (χ3v) is 6.93. The molecule has 0 fully saturated rings. The van der Waals surface area contributed by atoms with Crippen molar-refractivity contribution in [1.82, 2.24) is 18.7 Å². The standard InChI is InChI=1S/C21H24ClFN4O3S/c1-14-20(15-6-5-7-17(12-15)31(28,29)26(2)3)21-18(8-9-19(25-21)30-4)27(14)13-16(23)10-11-24-22/h5-10,12,24H,11,13H2,1-4H3/b16-10-. The fraction of sp³-hybridized carbons (Fsp3) is 0.286. The number of rotatable bonds is 8. The van der Waals surface area contributed by atoms with Crippen molar-refractivity contribution in [2.45, 2.75) is 18.4 Å². The summed E-state index contributed by atoms with van der Waals surface area (Å²) in [5.74, 6) is 0.0461. The van der Waals surface area contributed by atoms with E-state index < -0.39 is 10.0 Å². The predicted molar refractivity (Wildman–Crippen MR) is 120 cm³/mol. The van der Waals surface area contributed by atoms with Crippen LogP contribution in [0.5, 0.6) is 5.88 Å². The lowest BCUT2D eigenvalue weighted by Crippen LogP contribution is -2.22. The lowest BCUT2D eigenvalue weighted by Gasteiger charge is -2.12. The summed E-state index contributed by atoms with van der Waals surface area (Å²) in [4.78, 5) is 7.10. The van der Waals surface area contributed by atoms with Gasteiger partial charge in [0.1, 0.15) is 11.3 Å². The molecule has 31 heavy (non-hydrogen) atoms. The van der Waals surface area contributed by atoms with Gasteiger partial charge in [-0.05, 0) is 48.5 Å².